The minimum atomic E-state index is -1.06. The van der Waals surface area contributed by atoms with Crippen LogP contribution in [0.25, 0.3) is 21.2 Å². The number of nitrogens with zero attached hydrogens (tertiary/aromatic N) is 2. The molecule has 244 valence electrons. The van der Waals surface area contributed by atoms with Gasteiger partial charge in [0.25, 0.3) is 5.91 Å². The second kappa shape index (κ2) is 13.5. The number of carboxylic acid groups (broad SMARTS) is 1. The molecule has 5 rings (SSSR count). The van der Waals surface area contributed by atoms with Crippen LogP contribution in [0.2, 0.25) is 5.02 Å². The fraction of sp³-hybridized carbons (Fsp3) is 0.400. The van der Waals surface area contributed by atoms with Crippen molar-refractivity contribution in [2.24, 2.45) is 11.3 Å². The van der Waals surface area contributed by atoms with E-state index in [1.54, 1.807) is 18.2 Å². The molecule has 2 heterocycles. The number of methoxy groups -OCH3 is 1. The van der Waals surface area contributed by atoms with E-state index in [1.165, 1.54) is 0 Å². The molecule has 1 saturated carbocycles. The second-order valence-electron chi connectivity index (χ2n) is 13.0. The van der Waals surface area contributed by atoms with Crippen LogP contribution < -0.4 is 10.1 Å². The van der Waals surface area contributed by atoms with Gasteiger partial charge in [0, 0.05) is 36.1 Å². The van der Waals surface area contributed by atoms with Gasteiger partial charge in [0.05, 0.1) is 22.2 Å². The summed E-state index contributed by atoms with van der Waals surface area (Å²) in [5, 5.41) is 12.1. The van der Waals surface area contributed by atoms with E-state index in [1.807, 2.05) is 58.0 Å². The molecule has 0 aliphatic heterocycles. The molecule has 0 spiro atoms. The molecular formula is C35H38ClF2N3O4S. The van der Waals surface area contributed by atoms with Gasteiger partial charge in [-0.25, -0.2) is 13.6 Å². The maximum atomic E-state index is 14.8. The van der Waals surface area contributed by atoms with Crippen molar-refractivity contribution in [3.05, 3.63) is 81.5 Å². The van der Waals surface area contributed by atoms with E-state index in [-0.39, 0.29) is 49.9 Å². The standard InChI is InChI=1S/C35H38ClF2N3O4S/c1-19-16-22(14-15-39-19)21-8-13-27(45-5)23(17-21)18-41(24-9-6-20(7-10-24)32(35(2,3)4)40-34(43)44)33(42)31-29(36)28-25(37)11-12-26(38)30(28)46-31/h8,11-17,20,24,32,40H,6-7,9-10,18H2,1-5H3,(H,43,44). The largest absolute Gasteiger partial charge is 0.496 e. The minimum absolute atomic E-state index is 0.00240. The number of benzene rings is 2. The highest BCUT2D eigenvalue weighted by Crippen LogP contribution is 2.42. The number of thiophene rings is 1. The summed E-state index contributed by atoms with van der Waals surface area (Å²) in [5.41, 5.74) is 3.22. The van der Waals surface area contributed by atoms with Crippen LogP contribution in [0, 0.1) is 29.9 Å². The number of nitrogens with one attached hydrogen (secondary N) is 1. The Hall–Kier alpha value is -3.76. The molecule has 1 unspecified atom stereocenters. The molecule has 4 aromatic rings. The van der Waals surface area contributed by atoms with Gasteiger partial charge in [0.15, 0.2) is 0 Å². The Kier molecular flexibility index (Phi) is 9.89. The molecule has 1 aliphatic rings. The molecule has 2 N–H and O–H groups in total. The third-order valence-corrected chi connectivity index (χ3v) is 10.5. The number of aromatic nitrogens is 1. The van der Waals surface area contributed by atoms with Crippen molar-refractivity contribution in [1.82, 2.24) is 15.2 Å². The van der Waals surface area contributed by atoms with Crippen LogP contribution >= 0.6 is 22.9 Å². The number of fused-ring (bicyclic) bond motifs is 1. The molecule has 46 heavy (non-hydrogen) atoms. The van der Waals surface area contributed by atoms with E-state index in [2.05, 4.69) is 10.3 Å². The molecular weight excluding hydrogens is 632 g/mol. The molecule has 2 aromatic heterocycles. The highest BCUT2D eigenvalue weighted by Gasteiger charge is 2.39. The third-order valence-electron chi connectivity index (χ3n) is 8.85. The number of amides is 2. The maximum absolute atomic E-state index is 14.8. The number of rotatable bonds is 8. The highest BCUT2D eigenvalue weighted by molar-refractivity contribution is 7.21. The van der Waals surface area contributed by atoms with Crippen LogP contribution in [0.5, 0.6) is 5.75 Å². The summed E-state index contributed by atoms with van der Waals surface area (Å²) in [7, 11) is 1.57. The van der Waals surface area contributed by atoms with E-state index in [4.69, 9.17) is 16.3 Å². The lowest BCUT2D eigenvalue weighted by Gasteiger charge is -2.43. The van der Waals surface area contributed by atoms with E-state index >= 15 is 0 Å². The van der Waals surface area contributed by atoms with Gasteiger partial charge in [-0.3, -0.25) is 9.78 Å². The molecule has 0 radical (unpaired) electrons. The lowest BCUT2D eigenvalue weighted by atomic mass is 9.72. The first-order valence-electron chi connectivity index (χ1n) is 15.2. The Morgan fingerprint density at radius 3 is 2.37 bits per heavy atom. The minimum Gasteiger partial charge on any atom is -0.496 e. The molecule has 1 atom stereocenters. The van der Waals surface area contributed by atoms with E-state index in [9.17, 15) is 23.5 Å². The summed E-state index contributed by atoms with van der Waals surface area (Å²) in [6, 6.07) is 11.2. The topological polar surface area (TPSA) is 91.8 Å². The molecule has 2 aromatic carbocycles. The van der Waals surface area contributed by atoms with Gasteiger partial charge in [-0.1, -0.05) is 38.4 Å². The van der Waals surface area contributed by atoms with Gasteiger partial charge in [-0.05, 0) is 91.5 Å². The Morgan fingerprint density at radius 1 is 1.09 bits per heavy atom. The van der Waals surface area contributed by atoms with Gasteiger partial charge in [0.2, 0.25) is 0 Å². The maximum Gasteiger partial charge on any atom is 0.404 e. The number of aryl methyl sites for hydroxylation is 1. The van der Waals surface area contributed by atoms with Gasteiger partial charge >= 0.3 is 6.09 Å². The van der Waals surface area contributed by atoms with Crippen LogP contribution in [0.4, 0.5) is 13.6 Å². The number of carbonyl (C=O) groups is 2. The van der Waals surface area contributed by atoms with E-state index < -0.39 is 23.6 Å². The zero-order chi connectivity index (χ0) is 33.3. The number of hydrogen-bond acceptors (Lipinski definition) is 5. The molecule has 7 nitrogen and oxygen atoms in total. The first-order valence-corrected chi connectivity index (χ1v) is 16.4. The van der Waals surface area contributed by atoms with Crippen LogP contribution in [0.3, 0.4) is 0 Å². The Morgan fingerprint density at radius 2 is 1.76 bits per heavy atom. The monoisotopic (exact) mass is 669 g/mol. The first kappa shape index (κ1) is 33.6. The molecule has 11 heteroatoms. The fourth-order valence-electron chi connectivity index (χ4n) is 6.64. The van der Waals surface area contributed by atoms with Crippen molar-refractivity contribution in [3.8, 4) is 16.9 Å². The van der Waals surface area contributed by atoms with Gasteiger partial charge in [-0.2, -0.15) is 0 Å². The van der Waals surface area contributed by atoms with Crippen LogP contribution in [-0.4, -0.2) is 46.2 Å². The van der Waals surface area contributed by atoms with Crippen molar-refractivity contribution in [2.45, 2.75) is 72.0 Å². The first-order chi connectivity index (χ1) is 21.8. The molecule has 1 aliphatic carbocycles. The molecule has 1 fully saturated rings. The Labute approximate surface area is 276 Å². The lowest BCUT2D eigenvalue weighted by Crippen LogP contribution is -2.50. The smallest absolute Gasteiger partial charge is 0.404 e. The van der Waals surface area contributed by atoms with Crippen molar-refractivity contribution in [3.63, 3.8) is 0 Å². The zero-order valence-electron chi connectivity index (χ0n) is 26.5. The summed E-state index contributed by atoms with van der Waals surface area (Å²) >= 11 is 7.47. The van der Waals surface area contributed by atoms with Crippen LogP contribution in [-0.2, 0) is 6.54 Å². The van der Waals surface area contributed by atoms with Gasteiger partial charge < -0.3 is 20.1 Å². The predicted molar refractivity (Wildman–Crippen MR) is 178 cm³/mol. The van der Waals surface area contributed by atoms with E-state index in [0.717, 1.165) is 45.9 Å². The normalized spacial score (nSPS) is 17.5. The summed E-state index contributed by atoms with van der Waals surface area (Å²) in [5.74, 6) is -1.08. The lowest BCUT2D eigenvalue weighted by molar-refractivity contribution is 0.0543. The number of pyridine rings is 1. The third kappa shape index (κ3) is 6.98. The average molecular weight is 670 g/mol. The Bertz CT molecular complexity index is 1760. The van der Waals surface area contributed by atoms with Crippen molar-refractivity contribution in [1.29, 1.82) is 0 Å². The fourth-order valence-corrected chi connectivity index (χ4v) is 8.15. The van der Waals surface area contributed by atoms with E-state index in [0.29, 0.717) is 31.4 Å². The summed E-state index contributed by atoms with van der Waals surface area (Å²) in [6.07, 6.45) is 3.28. The average Bonchev–Trinajstić information content (AvgIpc) is 3.38. The van der Waals surface area contributed by atoms with Gasteiger partial charge in [0.1, 0.15) is 22.3 Å². The van der Waals surface area contributed by atoms with Gasteiger partial charge in [-0.15, -0.1) is 11.3 Å². The number of ether oxygens (including phenoxy) is 1. The summed E-state index contributed by atoms with van der Waals surface area (Å²) < 4.78 is 35.3. The quantitative estimate of drug-likeness (QED) is 0.195. The summed E-state index contributed by atoms with van der Waals surface area (Å²) in [4.78, 5) is 32.2. The number of hydrogen-bond donors (Lipinski definition) is 2. The predicted octanol–water partition coefficient (Wildman–Crippen LogP) is 9.10. The molecule has 0 saturated heterocycles. The Balaban J connectivity index is 1.53. The summed E-state index contributed by atoms with van der Waals surface area (Å²) in [6.45, 7) is 8.13. The van der Waals surface area contributed by atoms with Crippen LogP contribution in [0.15, 0.2) is 48.7 Å². The van der Waals surface area contributed by atoms with Crippen molar-refractivity contribution < 1.29 is 28.2 Å². The molecule has 0 bridgehead atoms. The van der Waals surface area contributed by atoms with Crippen LogP contribution in [0.1, 0.15) is 67.4 Å². The highest BCUT2D eigenvalue weighted by atomic mass is 35.5. The molecule has 2 amide bonds. The van der Waals surface area contributed by atoms with Crippen molar-refractivity contribution >= 4 is 45.0 Å². The SMILES string of the molecule is COc1ccc(-c2ccnc(C)c2)cc1CN(C(=O)c1sc2c(F)ccc(F)c2c1Cl)C1CCC(C(NC(=O)O)C(C)(C)C)CC1. The zero-order valence-corrected chi connectivity index (χ0v) is 28.1. The number of carbonyl (C=O) groups excluding carboxylic acids is 1. The number of halogens is 3. The van der Waals surface area contributed by atoms with Crippen molar-refractivity contribution in [2.75, 3.05) is 7.11 Å². The second-order valence-corrected chi connectivity index (χ2v) is 14.4.